The highest BCUT2D eigenvalue weighted by atomic mass is 32.1. The minimum Gasteiger partial charge on any atom is -0.491 e. The zero-order chi connectivity index (χ0) is 22.0. The number of aromatic nitrogens is 3. The summed E-state index contributed by atoms with van der Waals surface area (Å²) in [5.74, 6) is 0.249. The molecule has 10 heteroatoms. The number of amides is 1. The molecule has 0 saturated heterocycles. The summed E-state index contributed by atoms with van der Waals surface area (Å²) in [5, 5.41) is 2.81. The number of fused-ring (bicyclic) bond motifs is 1. The van der Waals surface area contributed by atoms with Gasteiger partial charge < -0.3 is 19.8 Å². The molecule has 0 aliphatic carbocycles. The summed E-state index contributed by atoms with van der Waals surface area (Å²) >= 11 is 1.00. The maximum Gasteiger partial charge on any atom is 0.334 e. The van der Waals surface area contributed by atoms with E-state index in [4.69, 9.17) is 9.47 Å². The predicted octanol–water partition coefficient (Wildman–Crippen LogP) is 2.08. The van der Waals surface area contributed by atoms with Crippen LogP contribution in [-0.2, 0) is 6.54 Å². The van der Waals surface area contributed by atoms with Crippen molar-refractivity contribution in [3.8, 4) is 17.4 Å². The summed E-state index contributed by atoms with van der Waals surface area (Å²) in [6.45, 7) is 0.351. The van der Waals surface area contributed by atoms with Crippen LogP contribution in [0.3, 0.4) is 0 Å². The molecule has 2 N–H and O–H groups in total. The van der Waals surface area contributed by atoms with Crippen molar-refractivity contribution < 1.29 is 14.3 Å². The number of rotatable bonds is 6. The summed E-state index contributed by atoms with van der Waals surface area (Å²) < 4.78 is 11.4. The zero-order valence-electron chi connectivity index (χ0n) is 16.7. The molecule has 0 spiro atoms. The van der Waals surface area contributed by atoms with Crippen molar-refractivity contribution in [3.05, 3.63) is 79.8 Å². The Kier molecular flexibility index (Phi) is 5.54. The van der Waals surface area contributed by atoms with Crippen molar-refractivity contribution in [2.75, 3.05) is 14.2 Å². The number of aromatic amines is 1. The molecule has 31 heavy (non-hydrogen) atoms. The molecular formula is C21H18N4O5S. The lowest BCUT2D eigenvalue weighted by Gasteiger charge is -2.09. The van der Waals surface area contributed by atoms with E-state index in [0.717, 1.165) is 21.5 Å². The summed E-state index contributed by atoms with van der Waals surface area (Å²) in [7, 11) is 2.87. The van der Waals surface area contributed by atoms with Gasteiger partial charge in [0.1, 0.15) is 10.5 Å². The number of H-pyrrole nitrogens is 1. The van der Waals surface area contributed by atoms with E-state index in [2.05, 4.69) is 15.3 Å². The third kappa shape index (κ3) is 3.92. The van der Waals surface area contributed by atoms with Crippen molar-refractivity contribution in [1.82, 2.24) is 19.9 Å². The minimum absolute atomic E-state index is 0.0780. The summed E-state index contributed by atoms with van der Waals surface area (Å²) in [6.07, 6.45) is 0. The second-order valence-electron chi connectivity index (χ2n) is 6.47. The van der Waals surface area contributed by atoms with Crippen molar-refractivity contribution in [1.29, 1.82) is 0 Å². The first-order chi connectivity index (χ1) is 15.0. The van der Waals surface area contributed by atoms with Crippen LogP contribution in [0, 0.1) is 0 Å². The Morgan fingerprint density at radius 2 is 1.90 bits per heavy atom. The SMILES string of the molecule is COc1ccc(-n2c(=O)[nH]c3cc(C(=O)NCc4ccccc4)sc3c2=O)nc1OC. The molecule has 0 bridgehead atoms. The van der Waals surface area contributed by atoms with Crippen LogP contribution in [-0.4, -0.2) is 34.7 Å². The molecule has 0 aliphatic rings. The number of ether oxygens (including phenoxy) is 2. The summed E-state index contributed by atoms with van der Waals surface area (Å²) in [5.41, 5.74) is -0.00863. The summed E-state index contributed by atoms with van der Waals surface area (Å²) in [6, 6.07) is 14.0. The van der Waals surface area contributed by atoms with Gasteiger partial charge in [0, 0.05) is 6.54 Å². The standard InChI is InChI=1S/C21H18N4O5S/c1-29-14-8-9-16(24-19(14)30-2)25-20(27)17-13(23-21(25)28)10-15(31-17)18(26)22-11-12-6-4-3-5-7-12/h3-10H,11H2,1-2H3,(H,22,26)(H,23,28). The van der Waals surface area contributed by atoms with Gasteiger partial charge in [0.05, 0.1) is 24.6 Å². The van der Waals surface area contributed by atoms with E-state index in [1.807, 2.05) is 30.3 Å². The fourth-order valence-corrected chi connectivity index (χ4v) is 4.00. The van der Waals surface area contributed by atoms with E-state index in [1.165, 1.54) is 26.4 Å². The first-order valence-electron chi connectivity index (χ1n) is 9.22. The van der Waals surface area contributed by atoms with E-state index in [-0.39, 0.29) is 22.3 Å². The van der Waals surface area contributed by atoms with Crippen LogP contribution in [0.2, 0.25) is 0 Å². The second kappa shape index (κ2) is 8.44. The monoisotopic (exact) mass is 438 g/mol. The van der Waals surface area contributed by atoms with Crippen LogP contribution in [0.4, 0.5) is 0 Å². The molecule has 1 aromatic carbocycles. The lowest BCUT2D eigenvalue weighted by molar-refractivity contribution is 0.0955. The Bertz CT molecular complexity index is 1370. The quantitative estimate of drug-likeness (QED) is 0.476. The van der Waals surface area contributed by atoms with E-state index in [0.29, 0.717) is 22.7 Å². The van der Waals surface area contributed by atoms with Crippen molar-refractivity contribution >= 4 is 27.5 Å². The van der Waals surface area contributed by atoms with Gasteiger partial charge in [-0.05, 0) is 23.8 Å². The largest absolute Gasteiger partial charge is 0.491 e. The lowest BCUT2D eigenvalue weighted by atomic mass is 10.2. The number of nitrogens with zero attached hydrogens (tertiary/aromatic N) is 2. The number of nitrogens with one attached hydrogen (secondary N) is 2. The van der Waals surface area contributed by atoms with Crippen molar-refractivity contribution in [2.45, 2.75) is 6.54 Å². The van der Waals surface area contributed by atoms with Gasteiger partial charge in [-0.1, -0.05) is 30.3 Å². The maximum absolute atomic E-state index is 13.0. The van der Waals surface area contributed by atoms with Crippen LogP contribution in [0.1, 0.15) is 15.2 Å². The molecule has 0 aliphatic heterocycles. The van der Waals surface area contributed by atoms with Gasteiger partial charge in [0.15, 0.2) is 5.75 Å². The van der Waals surface area contributed by atoms with E-state index >= 15 is 0 Å². The smallest absolute Gasteiger partial charge is 0.334 e. The molecule has 1 amide bonds. The molecule has 3 heterocycles. The number of hydrogen-bond acceptors (Lipinski definition) is 7. The van der Waals surface area contributed by atoms with E-state index in [9.17, 15) is 14.4 Å². The Hall–Kier alpha value is -3.92. The molecule has 0 radical (unpaired) electrons. The average Bonchev–Trinajstić information content (AvgIpc) is 3.22. The number of thiophene rings is 1. The first kappa shape index (κ1) is 20.4. The number of hydrogen-bond donors (Lipinski definition) is 2. The fraction of sp³-hybridized carbons (Fsp3) is 0.143. The Balaban J connectivity index is 1.70. The van der Waals surface area contributed by atoms with Crippen molar-refractivity contribution in [2.24, 2.45) is 0 Å². The molecule has 0 unspecified atom stereocenters. The number of carbonyl (C=O) groups excluding carboxylic acids is 1. The zero-order valence-corrected chi connectivity index (χ0v) is 17.5. The molecule has 4 rings (SSSR count). The van der Waals surface area contributed by atoms with Gasteiger partial charge in [-0.3, -0.25) is 9.59 Å². The Morgan fingerprint density at radius 1 is 1.13 bits per heavy atom. The average molecular weight is 438 g/mol. The van der Waals surface area contributed by atoms with Crippen LogP contribution in [0.5, 0.6) is 11.6 Å². The third-order valence-electron chi connectivity index (χ3n) is 4.55. The van der Waals surface area contributed by atoms with Gasteiger partial charge in [-0.15, -0.1) is 11.3 Å². The summed E-state index contributed by atoms with van der Waals surface area (Å²) in [4.78, 5) is 45.3. The highest BCUT2D eigenvalue weighted by Crippen LogP contribution is 2.25. The molecule has 3 aromatic heterocycles. The minimum atomic E-state index is -0.675. The third-order valence-corrected chi connectivity index (χ3v) is 5.67. The van der Waals surface area contributed by atoms with E-state index in [1.54, 1.807) is 6.07 Å². The molecule has 158 valence electrons. The first-order valence-corrected chi connectivity index (χ1v) is 10.0. The number of carbonyl (C=O) groups is 1. The normalized spacial score (nSPS) is 10.8. The Labute approximate surface area is 179 Å². The van der Waals surface area contributed by atoms with Crippen LogP contribution >= 0.6 is 11.3 Å². The molecule has 4 aromatic rings. The second-order valence-corrected chi connectivity index (χ2v) is 7.53. The Morgan fingerprint density at radius 3 is 2.61 bits per heavy atom. The van der Waals surface area contributed by atoms with Crippen LogP contribution in [0.25, 0.3) is 16.0 Å². The van der Waals surface area contributed by atoms with Crippen LogP contribution < -0.4 is 26.0 Å². The van der Waals surface area contributed by atoms with E-state index < -0.39 is 11.2 Å². The molecule has 0 fully saturated rings. The van der Waals surface area contributed by atoms with Crippen LogP contribution in [0.15, 0.2) is 58.1 Å². The lowest BCUT2D eigenvalue weighted by Crippen LogP contribution is -2.33. The fourth-order valence-electron chi connectivity index (χ4n) is 3.04. The van der Waals surface area contributed by atoms with Gasteiger partial charge in [-0.2, -0.15) is 4.98 Å². The van der Waals surface area contributed by atoms with Gasteiger partial charge in [0.2, 0.25) is 0 Å². The maximum atomic E-state index is 13.0. The molecule has 9 nitrogen and oxygen atoms in total. The molecular weight excluding hydrogens is 420 g/mol. The number of benzene rings is 1. The molecule has 0 atom stereocenters. The number of methoxy groups -OCH3 is 2. The number of pyridine rings is 1. The highest BCUT2D eigenvalue weighted by molar-refractivity contribution is 7.20. The van der Waals surface area contributed by atoms with Gasteiger partial charge >= 0.3 is 5.69 Å². The van der Waals surface area contributed by atoms with Gasteiger partial charge in [0.25, 0.3) is 17.3 Å². The van der Waals surface area contributed by atoms with Gasteiger partial charge in [-0.25, -0.2) is 9.36 Å². The highest BCUT2D eigenvalue weighted by Gasteiger charge is 2.18. The van der Waals surface area contributed by atoms with Crippen molar-refractivity contribution in [3.63, 3.8) is 0 Å². The topological polar surface area (TPSA) is 115 Å². The molecule has 0 saturated carbocycles. The predicted molar refractivity (Wildman–Crippen MR) is 117 cm³/mol.